The van der Waals surface area contributed by atoms with Crippen molar-refractivity contribution in [2.24, 2.45) is 35.5 Å². The molecule has 3 fully saturated rings. The van der Waals surface area contributed by atoms with Crippen LogP contribution >= 0.6 is 11.6 Å². The Labute approximate surface area is 156 Å². The Morgan fingerprint density at radius 1 is 1.08 bits per heavy atom. The van der Waals surface area contributed by atoms with Crippen LogP contribution in [0.5, 0.6) is 0 Å². The third-order valence-corrected chi connectivity index (χ3v) is 6.83. The predicted octanol–water partition coefficient (Wildman–Crippen LogP) is 2.72. The lowest BCUT2D eigenvalue weighted by Crippen LogP contribution is -2.46. The Kier molecular flexibility index (Phi) is 3.35. The highest BCUT2D eigenvalue weighted by Gasteiger charge is 2.67. The maximum atomic E-state index is 13.0. The van der Waals surface area contributed by atoms with E-state index < -0.39 is 6.04 Å². The van der Waals surface area contributed by atoms with Gasteiger partial charge in [0.25, 0.3) is 0 Å². The molecule has 1 N–H and O–H groups in total. The van der Waals surface area contributed by atoms with E-state index in [0.29, 0.717) is 22.5 Å². The van der Waals surface area contributed by atoms with Crippen LogP contribution in [0.25, 0.3) is 0 Å². The minimum atomic E-state index is -0.827. The molecule has 2 bridgehead atoms. The molecule has 2 saturated carbocycles. The molecule has 0 spiro atoms. The van der Waals surface area contributed by atoms with Crippen LogP contribution in [0.2, 0.25) is 5.02 Å². The molecule has 1 heterocycles. The monoisotopic (exact) mass is 370 g/mol. The number of halogens is 1. The lowest BCUT2D eigenvalue weighted by atomic mass is 9.63. The topological polar surface area (TPSA) is 66.5 Å². The van der Waals surface area contributed by atoms with Crippen LogP contribution < -0.4 is 5.32 Å². The summed E-state index contributed by atoms with van der Waals surface area (Å²) in [6, 6.07) is 5.92. The number of imide groups is 1. The van der Waals surface area contributed by atoms with Crippen molar-refractivity contribution in [3.63, 3.8) is 0 Å². The van der Waals surface area contributed by atoms with E-state index in [0.717, 1.165) is 6.42 Å². The molecule has 0 radical (unpaired) electrons. The van der Waals surface area contributed by atoms with Crippen LogP contribution in [-0.2, 0) is 14.4 Å². The maximum absolute atomic E-state index is 13.0. The second kappa shape index (κ2) is 5.43. The van der Waals surface area contributed by atoms with Crippen molar-refractivity contribution in [3.8, 4) is 0 Å². The lowest BCUT2D eigenvalue weighted by Gasteiger charge is -2.37. The van der Waals surface area contributed by atoms with E-state index in [1.54, 1.807) is 31.2 Å². The van der Waals surface area contributed by atoms with Gasteiger partial charge in [-0.15, -0.1) is 0 Å². The number of nitrogens with zero attached hydrogens (tertiary/aromatic N) is 1. The second-order valence-corrected chi connectivity index (χ2v) is 8.31. The fourth-order valence-corrected chi connectivity index (χ4v) is 5.38. The average molecular weight is 371 g/mol. The smallest absolute Gasteiger partial charge is 0.247 e. The van der Waals surface area contributed by atoms with Gasteiger partial charge in [0.15, 0.2) is 0 Å². The third kappa shape index (κ3) is 2.13. The van der Waals surface area contributed by atoms with E-state index in [1.807, 2.05) is 0 Å². The number of allylic oxidation sites excluding steroid dienone is 2. The van der Waals surface area contributed by atoms with Crippen LogP contribution in [0.3, 0.4) is 0 Å². The Morgan fingerprint density at radius 3 is 2.15 bits per heavy atom. The molecule has 7 atom stereocenters. The first-order valence-corrected chi connectivity index (χ1v) is 9.47. The lowest BCUT2D eigenvalue weighted by molar-refractivity contribution is -0.146. The fourth-order valence-electron chi connectivity index (χ4n) is 5.26. The summed E-state index contributed by atoms with van der Waals surface area (Å²) >= 11 is 5.85. The van der Waals surface area contributed by atoms with Crippen molar-refractivity contribution in [1.29, 1.82) is 0 Å². The third-order valence-electron chi connectivity index (χ3n) is 6.58. The highest BCUT2D eigenvalue weighted by molar-refractivity contribution is 6.30. The molecule has 134 valence electrons. The van der Waals surface area contributed by atoms with Gasteiger partial charge in [-0.05, 0) is 61.3 Å². The Bertz CT molecular complexity index is 813. The molecule has 3 amide bonds. The van der Waals surface area contributed by atoms with Crippen molar-refractivity contribution < 1.29 is 14.4 Å². The van der Waals surface area contributed by atoms with Gasteiger partial charge in [-0.3, -0.25) is 19.3 Å². The number of rotatable bonds is 3. The summed E-state index contributed by atoms with van der Waals surface area (Å²) in [5, 5.41) is 3.34. The SMILES string of the molecule is CC(C(=O)Nc1ccc(Cl)cc1)N1C(=O)C2C3C=CC(C4CC34)C2C1=O. The predicted molar refractivity (Wildman–Crippen MR) is 96.1 cm³/mol. The van der Waals surface area contributed by atoms with Crippen molar-refractivity contribution >= 4 is 35.0 Å². The number of hydrogen-bond donors (Lipinski definition) is 1. The van der Waals surface area contributed by atoms with Crippen LogP contribution in [0.4, 0.5) is 5.69 Å². The summed E-state index contributed by atoms with van der Waals surface area (Å²) in [4.78, 5) is 39.9. The zero-order chi connectivity index (χ0) is 18.2. The first kappa shape index (κ1) is 16.1. The molecule has 1 aliphatic heterocycles. The molecule has 4 aliphatic carbocycles. The molecule has 7 unspecified atom stereocenters. The molecule has 5 aliphatic rings. The normalized spacial score (nSPS) is 37.4. The van der Waals surface area contributed by atoms with E-state index in [4.69, 9.17) is 11.6 Å². The summed E-state index contributed by atoms with van der Waals surface area (Å²) < 4.78 is 0. The van der Waals surface area contributed by atoms with E-state index in [9.17, 15) is 14.4 Å². The molecule has 6 heteroatoms. The quantitative estimate of drug-likeness (QED) is 0.657. The van der Waals surface area contributed by atoms with Crippen molar-refractivity contribution in [2.75, 3.05) is 5.32 Å². The number of anilines is 1. The van der Waals surface area contributed by atoms with E-state index >= 15 is 0 Å². The summed E-state index contributed by atoms with van der Waals surface area (Å²) in [5.74, 6) is 0.192. The summed E-state index contributed by atoms with van der Waals surface area (Å²) in [5.41, 5.74) is 0.589. The Balaban J connectivity index is 1.37. The summed E-state index contributed by atoms with van der Waals surface area (Å²) in [6.45, 7) is 1.62. The minimum Gasteiger partial charge on any atom is -0.324 e. The number of amides is 3. The minimum absolute atomic E-state index is 0.169. The highest BCUT2D eigenvalue weighted by Crippen LogP contribution is 2.65. The van der Waals surface area contributed by atoms with Gasteiger partial charge in [-0.25, -0.2) is 0 Å². The summed E-state index contributed by atoms with van der Waals surface area (Å²) in [7, 11) is 0. The van der Waals surface area contributed by atoms with Gasteiger partial charge in [0, 0.05) is 10.7 Å². The standard InChI is InChI=1S/C20H19ClN2O3/c1-9(18(24)22-11-4-2-10(21)3-5-11)23-19(25)16-12-6-7-13(15-8-14(12)15)17(16)20(23)26/h2-7,9,12-17H,8H2,1H3,(H,22,24). The van der Waals surface area contributed by atoms with Gasteiger partial charge in [0.1, 0.15) is 6.04 Å². The molecule has 1 saturated heterocycles. The molecule has 1 aromatic carbocycles. The van der Waals surface area contributed by atoms with Gasteiger partial charge in [-0.1, -0.05) is 23.8 Å². The zero-order valence-corrected chi connectivity index (χ0v) is 15.0. The summed E-state index contributed by atoms with van der Waals surface area (Å²) in [6.07, 6.45) is 5.39. The van der Waals surface area contributed by atoms with E-state index in [1.165, 1.54) is 4.90 Å². The fraction of sp³-hybridized carbons (Fsp3) is 0.450. The van der Waals surface area contributed by atoms with Crippen LogP contribution in [0, 0.1) is 35.5 Å². The molecule has 26 heavy (non-hydrogen) atoms. The number of benzene rings is 1. The second-order valence-electron chi connectivity index (χ2n) is 7.87. The molecule has 5 nitrogen and oxygen atoms in total. The molecular formula is C20H19ClN2O3. The molecular weight excluding hydrogens is 352 g/mol. The van der Waals surface area contributed by atoms with Crippen LogP contribution in [0.1, 0.15) is 13.3 Å². The number of nitrogens with one attached hydrogen (secondary N) is 1. The number of carbonyl (C=O) groups excluding carboxylic acids is 3. The van der Waals surface area contributed by atoms with Gasteiger partial charge in [-0.2, -0.15) is 0 Å². The van der Waals surface area contributed by atoms with E-state index in [2.05, 4.69) is 17.5 Å². The molecule has 1 aromatic rings. The highest BCUT2D eigenvalue weighted by atomic mass is 35.5. The first-order chi connectivity index (χ1) is 12.5. The average Bonchev–Trinajstić information content (AvgIpc) is 3.41. The van der Waals surface area contributed by atoms with Crippen molar-refractivity contribution in [1.82, 2.24) is 4.90 Å². The number of likely N-dealkylation sites (tertiary alicyclic amines) is 1. The zero-order valence-electron chi connectivity index (χ0n) is 14.3. The molecule has 0 aromatic heterocycles. The largest absolute Gasteiger partial charge is 0.324 e. The van der Waals surface area contributed by atoms with E-state index in [-0.39, 0.29) is 41.4 Å². The first-order valence-electron chi connectivity index (χ1n) is 9.09. The molecule has 6 rings (SSSR count). The Hall–Kier alpha value is -2.14. The van der Waals surface area contributed by atoms with Crippen LogP contribution in [-0.4, -0.2) is 28.7 Å². The van der Waals surface area contributed by atoms with Crippen molar-refractivity contribution in [3.05, 3.63) is 41.4 Å². The number of carbonyl (C=O) groups is 3. The maximum Gasteiger partial charge on any atom is 0.247 e. The van der Waals surface area contributed by atoms with Crippen LogP contribution in [0.15, 0.2) is 36.4 Å². The number of hydrogen-bond acceptors (Lipinski definition) is 3. The van der Waals surface area contributed by atoms with Gasteiger partial charge < -0.3 is 5.32 Å². The van der Waals surface area contributed by atoms with Crippen molar-refractivity contribution in [2.45, 2.75) is 19.4 Å². The van der Waals surface area contributed by atoms with Gasteiger partial charge in [0.2, 0.25) is 17.7 Å². The van der Waals surface area contributed by atoms with Gasteiger partial charge >= 0.3 is 0 Å². The Morgan fingerprint density at radius 2 is 1.62 bits per heavy atom. The van der Waals surface area contributed by atoms with Gasteiger partial charge in [0.05, 0.1) is 11.8 Å².